The summed E-state index contributed by atoms with van der Waals surface area (Å²) in [6.45, 7) is 4.94. The van der Waals surface area contributed by atoms with Crippen LogP contribution in [-0.4, -0.2) is 42.1 Å². The van der Waals surface area contributed by atoms with Gasteiger partial charge in [0.15, 0.2) is 15.9 Å². The zero-order valence-electron chi connectivity index (χ0n) is 17.4. The molecule has 0 N–H and O–H groups in total. The van der Waals surface area contributed by atoms with E-state index in [1.807, 2.05) is 30.5 Å². The molecule has 9 heteroatoms. The molecule has 0 amide bonds. The summed E-state index contributed by atoms with van der Waals surface area (Å²) in [5.41, 5.74) is 2.70. The van der Waals surface area contributed by atoms with Crippen LogP contribution in [0.25, 0.3) is 10.6 Å². The van der Waals surface area contributed by atoms with Crippen molar-refractivity contribution in [3.05, 3.63) is 69.3 Å². The second kappa shape index (κ2) is 8.94. The SMILES string of the molecule is Cc1csc2nc(CSc3nnc(CN4CCCCC4)n3-c3ccccc3)cc(=O)n12. The molecule has 1 saturated heterocycles. The highest BCUT2D eigenvalue weighted by atomic mass is 32.2. The predicted octanol–water partition coefficient (Wildman–Crippen LogP) is 3.92. The Morgan fingerprint density at radius 2 is 1.90 bits per heavy atom. The van der Waals surface area contributed by atoms with E-state index in [-0.39, 0.29) is 5.56 Å². The van der Waals surface area contributed by atoms with Gasteiger partial charge in [0, 0.05) is 28.6 Å². The normalized spacial score (nSPS) is 15.0. The summed E-state index contributed by atoms with van der Waals surface area (Å²) in [5, 5.41) is 11.8. The summed E-state index contributed by atoms with van der Waals surface area (Å²) in [6, 6.07) is 11.9. The summed E-state index contributed by atoms with van der Waals surface area (Å²) in [6.07, 6.45) is 3.80. The lowest BCUT2D eigenvalue weighted by atomic mass is 10.1. The molecule has 4 aromatic rings. The van der Waals surface area contributed by atoms with Gasteiger partial charge in [0.05, 0.1) is 12.2 Å². The lowest BCUT2D eigenvalue weighted by Crippen LogP contribution is -2.30. The van der Waals surface area contributed by atoms with Gasteiger partial charge in [0.2, 0.25) is 0 Å². The van der Waals surface area contributed by atoms with Gasteiger partial charge in [-0.2, -0.15) is 0 Å². The number of para-hydroxylation sites is 1. The van der Waals surface area contributed by atoms with Crippen LogP contribution in [0.5, 0.6) is 0 Å². The number of aryl methyl sites for hydroxylation is 1. The molecule has 0 saturated carbocycles. The van der Waals surface area contributed by atoms with Crippen LogP contribution < -0.4 is 5.56 Å². The maximum absolute atomic E-state index is 12.5. The van der Waals surface area contributed by atoms with E-state index in [0.29, 0.717) is 5.75 Å². The molecule has 1 fully saturated rings. The molecule has 160 valence electrons. The molecule has 5 rings (SSSR count). The van der Waals surface area contributed by atoms with Crippen molar-refractivity contribution in [3.8, 4) is 5.69 Å². The van der Waals surface area contributed by atoms with E-state index in [4.69, 9.17) is 0 Å². The predicted molar refractivity (Wildman–Crippen MR) is 124 cm³/mol. The smallest absolute Gasteiger partial charge is 0.258 e. The maximum Gasteiger partial charge on any atom is 0.258 e. The minimum Gasteiger partial charge on any atom is -0.296 e. The standard InChI is InChI=1S/C22H24N6OS2/c1-16-14-30-21-23-17(12-20(29)27(16)21)15-31-22-25-24-19(13-26-10-6-3-7-11-26)28(22)18-8-4-2-5-9-18/h2,4-5,8-9,12,14H,3,6-7,10-11,13,15H2,1H3. The van der Waals surface area contributed by atoms with Crippen molar-refractivity contribution >= 4 is 28.1 Å². The van der Waals surface area contributed by atoms with Crippen LogP contribution in [0.4, 0.5) is 0 Å². The molecule has 3 aromatic heterocycles. The molecular weight excluding hydrogens is 428 g/mol. The number of piperidine rings is 1. The van der Waals surface area contributed by atoms with Crippen LogP contribution in [-0.2, 0) is 12.3 Å². The first-order valence-electron chi connectivity index (χ1n) is 10.5. The van der Waals surface area contributed by atoms with Gasteiger partial charge in [-0.25, -0.2) is 4.98 Å². The molecule has 0 spiro atoms. The first-order valence-corrected chi connectivity index (χ1v) is 12.4. The Labute approximate surface area is 188 Å². The Morgan fingerprint density at radius 1 is 1.10 bits per heavy atom. The molecule has 31 heavy (non-hydrogen) atoms. The van der Waals surface area contributed by atoms with E-state index in [9.17, 15) is 4.79 Å². The van der Waals surface area contributed by atoms with E-state index in [1.165, 1.54) is 30.6 Å². The topological polar surface area (TPSA) is 68.3 Å². The van der Waals surface area contributed by atoms with Gasteiger partial charge in [-0.1, -0.05) is 36.4 Å². The summed E-state index contributed by atoms with van der Waals surface area (Å²) in [5.74, 6) is 1.52. The van der Waals surface area contributed by atoms with Crippen LogP contribution >= 0.6 is 23.1 Å². The van der Waals surface area contributed by atoms with E-state index in [2.05, 4.69) is 36.8 Å². The minimum absolute atomic E-state index is 0.0327. The number of rotatable bonds is 6. The summed E-state index contributed by atoms with van der Waals surface area (Å²) < 4.78 is 3.79. The molecule has 1 aromatic carbocycles. The fourth-order valence-corrected chi connectivity index (χ4v) is 5.72. The highest BCUT2D eigenvalue weighted by molar-refractivity contribution is 7.98. The quantitative estimate of drug-likeness (QED) is 0.413. The molecule has 0 unspecified atom stereocenters. The Bertz CT molecular complexity index is 1240. The van der Waals surface area contributed by atoms with Gasteiger partial charge in [0.1, 0.15) is 0 Å². The van der Waals surface area contributed by atoms with Crippen molar-refractivity contribution < 1.29 is 0 Å². The van der Waals surface area contributed by atoms with Crippen LogP contribution in [0.2, 0.25) is 0 Å². The molecule has 0 radical (unpaired) electrons. The van der Waals surface area contributed by atoms with Gasteiger partial charge in [0.25, 0.3) is 5.56 Å². The van der Waals surface area contributed by atoms with Crippen LogP contribution in [0.1, 0.15) is 36.5 Å². The van der Waals surface area contributed by atoms with Crippen molar-refractivity contribution in [1.29, 1.82) is 0 Å². The van der Waals surface area contributed by atoms with Crippen molar-refractivity contribution in [1.82, 2.24) is 29.0 Å². The van der Waals surface area contributed by atoms with Gasteiger partial charge in [-0.3, -0.25) is 18.7 Å². The number of aromatic nitrogens is 5. The van der Waals surface area contributed by atoms with Crippen LogP contribution in [0, 0.1) is 6.92 Å². The van der Waals surface area contributed by atoms with E-state index in [0.717, 1.165) is 52.7 Å². The average Bonchev–Trinajstić information content (AvgIpc) is 3.37. The highest BCUT2D eigenvalue weighted by Crippen LogP contribution is 2.26. The Kier molecular flexibility index (Phi) is 5.89. The Hall–Kier alpha value is -2.49. The molecule has 0 atom stereocenters. The largest absolute Gasteiger partial charge is 0.296 e. The van der Waals surface area contributed by atoms with Crippen molar-refractivity contribution in [2.75, 3.05) is 13.1 Å². The van der Waals surface area contributed by atoms with Gasteiger partial charge < -0.3 is 0 Å². The van der Waals surface area contributed by atoms with E-state index in [1.54, 1.807) is 22.2 Å². The van der Waals surface area contributed by atoms with Crippen molar-refractivity contribution in [2.45, 2.75) is 43.6 Å². The van der Waals surface area contributed by atoms with Gasteiger partial charge in [-0.15, -0.1) is 21.5 Å². The third-order valence-electron chi connectivity index (χ3n) is 5.51. The number of benzene rings is 1. The van der Waals surface area contributed by atoms with E-state index >= 15 is 0 Å². The first-order chi connectivity index (χ1) is 15.2. The number of thioether (sulfide) groups is 1. The minimum atomic E-state index is -0.0327. The third kappa shape index (κ3) is 4.30. The summed E-state index contributed by atoms with van der Waals surface area (Å²) >= 11 is 3.06. The lowest BCUT2D eigenvalue weighted by molar-refractivity contribution is 0.214. The molecule has 1 aliphatic rings. The zero-order valence-corrected chi connectivity index (χ0v) is 19.0. The molecule has 4 heterocycles. The lowest BCUT2D eigenvalue weighted by Gasteiger charge is -2.26. The zero-order chi connectivity index (χ0) is 21.2. The molecule has 7 nitrogen and oxygen atoms in total. The number of likely N-dealkylation sites (tertiary alicyclic amines) is 1. The molecular formula is C22H24N6OS2. The monoisotopic (exact) mass is 452 g/mol. The number of thiazole rings is 1. The number of hydrogen-bond acceptors (Lipinski definition) is 7. The summed E-state index contributed by atoms with van der Waals surface area (Å²) in [7, 11) is 0. The van der Waals surface area contributed by atoms with Crippen LogP contribution in [0.3, 0.4) is 0 Å². The van der Waals surface area contributed by atoms with Crippen molar-refractivity contribution in [3.63, 3.8) is 0 Å². The second-order valence-electron chi connectivity index (χ2n) is 7.78. The first kappa shape index (κ1) is 20.4. The van der Waals surface area contributed by atoms with E-state index < -0.39 is 0 Å². The summed E-state index contributed by atoms with van der Waals surface area (Å²) in [4.78, 5) is 20.3. The van der Waals surface area contributed by atoms with Crippen LogP contribution in [0.15, 0.2) is 51.7 Å². The Morgan fingerprint density at radius 3 is 2.71 bits per heavy atom. The second-order valence-corrected chi connectivity index (χ2v) is 9.56. The molecule has 1 aliphatic heterocycles. The number of hydrogen-bond donors (Lipinski definition) is 0. The molecule has 0 bridgehead atoms. The van der Waals surface area contributed by atoms with Gasteiger partial charge in [-0.05, 0) is 45.0 Å². The number of nitrogens with zero attached hydrogens (tertiary/aromatic N) is 6. The maximum atomic E-state index is 12.5. The highest BCUT2D eigenvalue weighted by Gasteiger charge is 2.19. The fraction of sp³-hybridized carbons (Fsp3) is 0.364. The Balaban J connectivity index is 1.43. The van der Waals surface area contributed by atoms with Crippen molar-refractivity contribution in [2.24, 2.45) is 0 Å². The average molecular weight is 453 g/mol. The third-order valence-corrected chi connectivity index (χ3v) is 7.41. The fourth-order valence-electron chi connectivity index (χ4n) is 3.96. The van der Waals surface area contributed by atoms with Gasteiger partial charge >= 0.3 is 0 Å². The number of fused-ring (bicyclic) bond motifs is 1. The molecule has 0 aliphatic carbocycles.